The van der Waals surface area contributed by atoms with Crippen LogP contribution in [-0.2, 0) is 6.54 Å². The van der Waals surface area contributed by atoms with E-state index in [1.165, 1.54) is 22.7 Å². The molecule has 1 N–H and O–H groups in total. The van der Waals surface area contributed by atoms with E-state index in [-0.39, 0.29) is 0 Å². The maximum atomic E-state index is 4.37. The summed E-state index contributed by atoms with van der Waals surface area (Å²) in [7, 11) is 0. The second-order valence-electron chi connectivity index (χ2n) is 5.29. The first-order chi connectivity index (χ1) is 8.13. The fourth-order valence-electron chi connectivity index (χ4n) is 2.71. The number of rotatable bonds is 4. The fraction of sp³-hybridized carbons (Fsp3) is 0.643. The maximum Gasteiger partial charge on any atom is 0.107 e. The Labute approximate surface area is 108 Å². The number of hydrogen-bond donors (Lipinski definition) is 1. The van der Waals surface area contributed by atoms with Crippen molar-refractivity contribution in [1.82, 2.24) is 10.3 Å². The molecule has 0 amide bonds. The van der Waals surface area contributed by atoms with Crippen LogP contribution in [0.15, 0.2) is 17.8 Å². The van der Waals surface area contributed by atoms with E-state index in [4.69, 9.17) is 0 Å². The Kier molecular flexibility index (Phi) is 4.35. The van der Waals surface area contributed by atoms with Crippen molar-refractivity contribution in [3.8, 4) is 0 Å². The Morgan fingerprint density at radius 1 is 1.47 bits per heavy atom. The van der Waals surface area contributed by atoms with Gasteiger partial charge in [-0.25, -0.2) is 4.98 Å². The van der Waals surface area contributed by atoms with Gasteiger partial charge in [-0.3, -0.25) is 0 Å². The molecule has 17 heavy (non-hydrogen) atoms. The number of aromatic nitrogens is 1. The summed E-state index contributed by atoms with van der Waals surface area (Å²) in [4.78, 5) is 5.67. The van der Waals surface area contributed by atoms with Crippen molar-refractivity contribution in [3.05, 3.63) is 27.7 Å². The number of thiazole rings is 1. The minimum atomic E-state index is 0.748. The molecule has 0 bridgehead atoms. The molecule has 0 radical (unpaired) electrons. The quantitative estimate of drug-likeness (QED) is 0.827. The molecule has 2 nitrogen and oxygen atoms in total. The van der Waals surface area contributed by atoms with Crippen molar-refractivity contribution in [2.24, 2.45) is 11.8 Å². The zero-order valence-corrected chi connectivity index (χ0v) is 11.8. The highest BCUT2D eigenvalue weighted by atomic mass is 32.1. The molecule has 3 heteroatoms. The molecule has 0 saturated carbocycles. The average Bonchev–Trinajstić information content (AvgIpc) is 2.63. The van der Waals surface area contributed by atoms with Crippen molar-refractivity contribution in [3.63, 3.8) is 0 Å². The molecule has 2 rings (SSSR count). The fourth-order valence-corrected chi connectivity index (χ4v) is 3.46. The minimum absolute atomic E-state index is 0.748. The van der Waals surface area contributed by atoms with E-state index in [9.17, 15) is 0 Å². The first-order valence-electron chi connectivity index (χ1n) is 6.43. The molecular formula is C14H22N2S. The van der Waals surface area contributed by atoms with Gasteiger partial charge in [0.2, 0.25) is 0 Å². The standard InChI is InChI=1S/C14H22N2S/c1-10-4-11(2)6-13(5-10)8-15-9-14-16-7-12(3)17-14/h4,7,10,13,15H,5-6,8-9H2,1-3H3. The van der Waals surface area contributed by atoms with Crippen LogP contribution in [0.1, 0.15) is 36.6 Å². The lowest BCUT2D eigenvalue weighted by Gasteiger charge is -2.25. The molecule has 2 unspecified atom stereocenters. The van der Waals surface area contributed by atoms with E-state index in [0.29, 0.717) is 0 Å². The summed E-state index contributed by atoms with van der Waals surface area (Å²) in [5.41, 5.74) is 1.56. The predicted octanol–water partition coefficient (Wildman–Crippen LogP) is 3.53. The molecule has 1 aliphatic carbocycles. The van der Waals surface area contributed by atoms with Gasteiger partial charge in [0, 0.05) is 17.6 Å². The van der Waals surface area contributed by atoms with Gasteiger partial charge in [0.1, 0.15) is 5.01 Å². The van der Waals surface area contributed by atoms with Gasteiger partial charge in [-0.15, -0.1) is 11.3 Å². The molecule has 94 valence electrons. The van der Waals surface area contributed by atoms with Crippen LogP contribution in [0.4, 0.5) is 0 Å². The topological polar surface area (TPSA) is 24.9 Å². The van der Waals surface area contributed by atoms with Gasteiger partial charge in [-0.2, -0.15) is 0 Å². The van der Waals surface area contributed by atoms with Crippen molar-refractivity contribution < 1.29 is 0 Å². The first kappa shape index (κ1) is 12.8. The van der Waals surface area contributed by atoms with Crippen molar-refractivity contribution >= 4 is 11.3 Å². The van der Waals surface area contributed by atoms with Gasteiger partial charge >= 0.3 is 0 Å². The number of aryl methyl sites for hydroxylation is 1. The second kappa shape index (κ2) is 5.78. The van der Waals surface area contributed by atoms with Crippen molar-refractivity contribution in [2.75, 3.05) is 6.54 Å². The summed E-state index contributed by atoms with van der Waals surface area (Å²) in [6.07, 6.45) is 6.95. The van der Waals surface area contributed by atoms with E-state index >= 15 is 0 Å². The number of hydrogen-bond acceptors (Lipinski definition) is 3. The minimum Gasteiger partial charge on any atom is -0.310 e. The highest BCUT2D eigenvalue weighted by Gasteiger charge is 2.17. The smallest absolute Gasteiger partial charge is 0.107 e. The van der Waals surface area contributed by atoms with Crippen LogP contribution in [0.25, 0.3) is 0 Å². The van der Waals surface area contributed by atoms with E-state index in [1.54, 1.807) is 16.9 Å². The molecule has 0 aromatic carbocycles. The monoisotopic (exact) mass is 250 g/mol. The molecule has 1 aromatic heterocycles. The molecular weight excluding hydrogens is 228 g/mol. The van der Waals surface area contributed by atoms with Gasteiger partial charge in [0.15, 0.2) is 0 Å². The van der Waals surface area contributed by atoms with Crippen molar-refractivity contribution in [1.29, 1.82) is 0 Å². The molecule has 1 aliphatic rings. The average molecular weight is 250 g/mol. The van der Waals surface area contributed by atoms with Crippen LogP contribution in [0.5, 0.6) is 0 Å². The van der Waals surface area contributed by atoms with E-state index in [2.05, 4.69) is 37.1 Å². The largest absolute Gasteiger partial charge is 0.310 e. The van der Waals surface area contributed by atoms with E-state index in [1.807, 2.05) is 6.20 Å². The number of nitrogens with one attached hydrogen (secondary N) is 1. The number of nitrogens with zero attached hydrogens (tertiary/aromatic N) is 1. The van der Waals surface area contributed by atoms with E-state index in [0.717, 1.165) is 24.9 Å². The maximum absolute atomic E-state index is 4.37. The van der Waals surface area contributed by atoms with Gasteiger partial charge in [-0.1, -0.05) is 18.6 Å². The van der Waals surface area contributed by atoms with Crippen LogP contribution in [0, 0.1) is 18.8 Å². The van der Waals surface area contributed by atoms with Gasteiger partial charge < -0.3 is 5.32 Å². The SMILES string of the molecule is CC1=CC(C)CC(CNCc2ncc(C)s2)C1. The zero-order chi connectivity index (χ0) is 12.3. The summed E-state index contributed by atoms with van der Waals surface area (Å²) in [5.74, 6) is 1.55. The van der Waals surface area contributed by atoms with Gasteiger partial charge in [0.05, 0.1) is 0 Å². The molecule has 0 aliphatic heterocycles. The molecule has 0 fully saturated rings. The van der Waals surface area contributed by atoms with Gasteiger partial charge in [0.25, 0.3) is 0 Å². The van der Waals surface area contributed by atoms with Crippen LogP contribution in [0.3, 0.4) is 0 Å². The third-order valence-corrected chi connectivity index (χ3v) is 4.18. The van der Waals surface area contributed by atoms with Crippen LogP contribution in [-0.4, -0.2) is 11.5 Å². The summed E-state index contributed by atoms with van der Waals surface area (Å²) in [5, 5.41) is 4.75. The Morgan fingerprint density at radius 3 is 2.94 bits per heavy atom. The highest BCUT2D eigenvalue weighted by Crippen LogP contribution is 2.27. The number of allylic oxidation sites excluding steroid dienone is 2. The Bertz CT molecular complexity index is 395. The van der Waals surface area contributed by atoms with Crippen molar-refractivity contribution in [2.45, 2.75) is 40.2 Å². The lowest BCUT2D eigenvalue weighted by molar-refractivity contribution is 0.381. The summed E-state index contributed by atoms with van der Waals surface area (Å²) < 4.78 is 0. The summed E-state index contributed by atoms with van der Waals surface area (Å²) in [6, 6.07) is 0. The Balaban J connectivity index is 1.74. The molecule has 1 aromatic rings. The highest BCUT2D eigenvalue weighted by molar-refractivity contribution is 7.11. The third kappa shape index (κ3) is 3.93. The molecule has 0 spiro atoms. The first-order valence-corrected chi connectivity index (χ1v) is 7.24. The van der Waals surface area contributed by atoms with Crippen LogP contribution >= 0.6 is 11.3 Å². The second-order valence-corrected chi connectivity index (χ2v) is 6.61. The Hall–Kier alpha value is -0.670. The lowest BCUT2D eigenvalue weighted by atomic mass is 9.84. The zero-order valence-electron chi connectivity index (χ0n) is 11.0. The molecule has 0 saturated heterocycles. The Morgan fingerprint density at radius 2 is 2.29 bits per heavy atom. The van der Waals surface area contributed by atoms with Gasteiger partial charge in [-0.05, 0) is 45.1 Å². The lowest BCUT2D eigenvalue weighted by Crippen LogP contribution is -2.25. The van der Waals surface area contributed by atoms with Crippen LogP contribution in [0.2, 0.25) is 0 Å². The third-order valence-electron chi connectivity index (χ3n) is 3.26. The van der Waals surface area contributed by atoms with Crippen LogP contribution < -0.4 is 5.32 Å². The predicted molar refractivity (Wildman–Crippen MR) is 74.2 cm³/mol. The molecule has 1 heterocycles. The summed E-state index contributed by atoms with van der Waals surface area (Å²) >= 11 is 1.79. The normalized spacial score (nSPS) is 24.8. The summed E-state index contributed by atoms with van der Waals surface area (Å²) in [6.45, 7) is 8.73. The van der Waals surface area contributed by atoms with E-state index < -0.39 is 0 Å². The molecule has 2 atom stereocenters.